The molecule has 158 valence electrons. The number of aliphatic hydroxyl groups is 1. The summed E-state index contributed by atoms with van der Waals surface area (Å²) in [7, 11) is 0. The van der Waals surface area contributed by atoms with Crippen LogP contribution in [0.5, 0.6) is 0 Å². The number of halogens is 2. The maximum Gasteiger partial charge on any atom is 0.101 e. The Morgan fingerprint density at radius 2 is 1.87 bits per heavy atom. The van der Waals surface area contributed by atoms with Crippen molar-refractivity contribution in [2.45, 2.75) is 39.2 Å². The Balaban J connectivity index is 2.48. The van der Waals surface area contributed by atoms with Crippen LogP contribution in [-0.4, -0.2) is 16.7 Å². The summed E-state index contributed by atoms with van der Waals surface area (Å²) in [6.45, 7) is 12.1. The van der Waals surface area contributed by atoms with Gasteiger partial charge in [-0.15, -0.1) is 22.9 Å². The second-order valence-corrected chi connectivity index (χ2v) is 9.23. The van der Waals surface area contributed by atoms with Gasteiger partial charge in [0, 0.05) is 27.9 Å². The molecule has 0 aliphatic heterocycles. The molecule has 0 aliphatic carbocycles. The van der Waals surface area contributed by atoms with Gasteiger partial charge in [0.2, 0.25) is 0 Å². The molecule has 5 heteroatoms. The topological polar surface area (TPSA) is 32.6 Å². The maximum atomic E-state index is 11.0. The van der Waals surface area contributed by atoms with Crippen LogP contribution >= 0.6 is 34.5 Å². The third-order valence-electron chi connectivity index (χ3n) is 4.46. The van der Waals surface area contributed by atoms with Gasteiger partial charge in [0.1, 0.15) is 6.10 Å². The molecule has 0 radical (unpaired) electrons. The molecule has 0 spiro atoms. The molecular formula is C25H27Cl2NOS. The minimum Gasteiger partial charge on any atom is -0.384 e. The summed E-state index contributed by atoms with van der Waals surface area (Å²) in [5, 5.41) is 13.6. The fraction of sp³-hybridized carbons (Fsp3) is 0.240. The third-order valence-corrected chi connectivity index (χ3v) is 6.10. The van der Waals surface area contributed by atoms with Gasteiger partial charge in [-0.1, -0.05) is 47.5 Å². The summed E-state index contributed by atoms with van der Waals surface area (Å²) in [5.41, 5.74) is 5.67. The summed E-state index contributed by atoms with van der Waals surface area (Å²) in [5.74, 6) is 0. The van der Waals surface area contributed by atoms with Gasteiger partial charge in [-0.3, -0.25) is 4.99 Å². The van der Waals surface area contributed by atoms with Crippen molar-refractivity contribution in [2.24, 2.45) is 4.99 Å². The zero-order chi connectivity index (χ0) is 22.3. The fourth-order valence-corrected chi connectivity index (χ4v) is 4.00. The number of allylic oxidation sites excluding steroid dienone is 5. The van der Waals surface area contributed by atoms with Gasteiger partial charge >= 0.3 is 0 Å². The van der Waals surface area contributed by atoms with E-state index < -0.39 is 6.10 Å². The quantitative estimate of drug-likeness (QED) is 0.240. The molecule has 30 heavy (non-hydrogen) atoms. The molecule has 2 atom stereocenters. The van der Waals surface area contributed by atoms with Crippen molar-refractivity contribution in [3.63, 3.8) is 0 Å². The highest BCUT2D eigenvalue weighted by molar-refractivity contribution is 7.14. The van der Waals surface area contributed by atoms with E-state index in [1.165, 1.54) is 0 Å². The number of nitrogens with zero attached hydrogens (tertiary/aromatic N) is 1. The molecule has 1 heterocycles. The van der Waals surface area contributed by atoms with Crippen LogP contribution in [0.15, 0.2) is 76.8 Å². The average Bonchev–Trinajstić information content (AvgIpc) is 3.13. The van der Waals surface area contributed by atoms with Crippen molar-refractivity contribution < 1.29 is 5.11 Å². The second-order valence-electron chi connectivity index (χ2n) is 7.26. The lowest BCUT2D eigenvalue weighted by atomic mass is 9.95. The van der Waals surface area contributed by atoms with Crippen molar-refractivity contribution in [1.29, 1.82) is 0 Å². The van der Waals surface area contributed by atoms with E-state index in [1.807, 2.05) is 69.5 Å². The zero-order valence-corrected chi connectivity index (χ0v) is 20.0. The number of rotatable bonds is 8. The first-order valence-electron chi connectivity index (χ1n) is 9.61. The second kappa shape index (κ2) is 11.5. The summed E-state index contributed by atoms with van der Waals surface area (Å²) in [6, 6.07) is 7.60. The average molecular weight is 460 g/mol. The molecule has 0 fully saturated rings. The van der Waals surface area contributed by atoms with Crippen LogP contribution in [0.2, 0.25) is 5.02 Å². The molecule has 2 unspecified atom stereocenters. The molecule has 2 aromatic rings. The standard InChI is InChI=1S/C25H27Cl2NOS/c1-16(2)10-12-28-13-11-23(29)24-22(18(4)14-17(3)19(5)26)15-30-25(24)20-6-8-21(27)9-7-20/h6-15,19,23,29H,4H2,1-3,5H3. The Labute approximate surface area is 193 Å². The predicted molar refractivity (Wildman–Crippen MR) is 135 cm³/mol. The molecule has 0 saturated carbocycles. The number of thiophene rings is 1. The highest BCUT2D eigenvalue weighted by atomic mass is 35.5. The first-order valence-corrected chi connectivity index (χ1v) is 11.3. The van der Waals surface area contributed by atoms with Gasteiger partial charge in [0.15, 0.2) is 0 Å². The highest BCUT2D eigenvalue weighted by Crippen LogP contribution is 2.41. The molecule has 0 aliphatic rings. The lowest BCUT2D eigenvalue weighted by Gasteiger charge is -2.13. The Kier molecular flexibility index (Phi) is 9.32. The number of hydrogen-bond acceptors (Lipinski definition) is 3. The Hall–Kier alpha value is -1.91. The van der Waals surface area contributed by atoms with Crippen LogP contribution in [0, 0.1) is 0 Å². The number of aliphatic hydroxyl groups excluding tert-OH is 1. The minimum absolute atomic E-state index is 0.0891. The van der Waals surface area contributed by atoms with E-state index in [0.29, 0.717) is 5.02 Å². The molecular weight excluding hydrogens is 433 g/mol. The number of aliphatic imine (C=N–C) groups is 1. The zero-order valence-electron chi connectivity index (χ0n) is 17.7. The van der Waals surface area contributed by atoms with Crippen molar-refractivity contribution in [2.75, 3.05) is 0 Å². The SMILES string of the molecule is C=C(C=C(C)C(C)Cl)c1csc(-c2ccc(Cl)cc2)c1C(O)C=CN=CC=C(C)C. The molecule has 0 amide bonds. The van der Waals surface area contributed by atoms with Gasteiger partial charge < -0.3 is 5.11 Å². The number of hydrogen-bond donors (Lipinski definition) is 1. The molecule has 1 N–H and O–H groups in total. The fourth-order valence-electron chi connectivity index (χ4n) is 2.67. The monoisotopic (exact) mass is 459 g/mol. The summed E-state index contributed by atoms with van der Waals surface area (Å²) in [4.78, 5) is 5.18. The van der Waals surface area contributed by atoms with Crippen LogP contribution in [-0.2, 0) is 0 Å². The van der Waals surface area contributed by atoms with E-state index in [0.717, 1.165) is 38.3 Å². The van der Waals surface area contributed by atoms with Crippen LogP contribution < -0.4 is 0 Å². The first-order chi connectivity index (χ1) is 14.2. The van der Waals surface area contributed by atoms with Crippen LogP contribution in [0.1, 0.15) is 44.9 Å². The van der Waals surface area contributed by atoms with Crippen LogP contribution in [0.4, 0.5) is 0 Å². The number of benzene rings is 1. The van der Waals surface area contributed by atoms with Gasteiger partial charge in [0.05, 0.1) is 5.38 Å². The summed E-state index contributed by atoms with van der Waals surface area (Å²) >= 11 is 13.8. The molecule has 0 bridgehead atoms. The maximum absolute atomic E-state index is 11.0. The lowest BCUT2D eigenvalue weighted by molar-refractivity contribution is 0.229. The van der Waals surface area contributed by atoms with Gasteiger partial charge in [-0.25, -0.2) is 0 Å². The minimum atomic E-state index is -0.834. The number of alkyl halides is 1. The van der Waals surface area contributed by atoms with Crippen molar-refractivity contribution in [3.05, 3.63) is 87.9 Å². The lowest BCUT2D eigenvalue weighted by Crippen LogP contribution is -1.99. The normalized spacial score (nSPS) is 14.3. The molecule has 0 saturated heterocycles. The highest BCUT2D eigenvalue weighted by Gasteiger charge is 2.20. The smallest absolute Gasteiger partial charge is 0.101 e. The summed E-state index contributed by atoms with van der Waals surface area (Å²) in [6.07, 6.45) is 8.04. The summed E-state index contributed by atoms with van der Waals surface area (Å²) < 4.78 is 0. The molecule has 1 aromatic heterocycles. The first kappa shape index (κ1) is 24.4. The predicted octanol–water partition coefficient (Wildman–Crippen LogP) is 8.24. The van der Waals surface area contributed by atoms with E-state index in [1.54, 1.807) is 29.8 Å². The van der Waals surface area contributed by atoms with Gasteiger partial charge in [-0.05, 0) is 74.1 Å². The van der Waals surface area contributed by atoms with Crippen molar-refractivity contribution in [3.8, 4) is 10.4 Å². The molecule has 2 rings (SSSR count). The Morgan fingerprint density at radius 3 is 2.47 bits per heavy atom. The Morgan fingerprint density at radius 1 is 1.20 bits per heavy atom. The molecule has 2 nitrogen and oxygen atoms in total. The van der Waals surface area contributed by atoms with Crippen molar-refractivity contribution in [1.82, 2.24) is 0 Å². The van der Waals surface area contributed by atoms with E-state index >= 15 is 0 Å². The van der Waals surface area contributed by atoms with E-state index in [4.69, 9.17) is 23.2 Å². The van der Waals surface area contributed by atoms with E-state index in [2.05, 4.69) is 11.6 Å². The van der Waals surface area contributed by atoms with Crippen LogP contribution in [0.25, 0.3) is 16.0 Å². The van der Waals surface area contributed by atoms with E-state index in [9.17, 15) is 5.11 Å². The van der Waals surface area contributed by atoms with Gasteiger partial charge in [0.25, 0.3) is 0 Å². The third kappa shape index (κ3) is 6.82. The van der Waals surface area contributed by atoms with E-state index in [-0.39, 0.29) is 5.38 Å². The van der Waals surface area contributed by atoms with Gasteiger partial charge in [-0.2, -0.15) is 0 Å². The largest absolute Gasteiger partial charge is 0.384 e. The van der Waals surface area contributed by atoms with Crippen LogP contribution in [0.3, 0.4) is 0 Å². The Bertz CT molecular complexity index is 991. The molecule has 1 aromatic carbocycles. The van der Waals surface area contributed by atoms with Crippen molar-refractivity contribution >= 4 is 46.3 Å².